The van der Waals surface area contributed by atoms with Gasteiger partial charge in [0, 0.05) is 12.4 Å². The summed E-state index contributed by atoms with van der Waals surface area (Å²) in [6.07, 6.45) is 8.91. The molecule has 0 fully saturated rings. The Morgan fingerprint density at radius 3 is 2.27 bits per heavy atom. The summed E-state index contributed by atoms with van der Waals surface area (Å²) in [7, 11) is 0. The van der Waals surface area contributed by atoms with E-state index in [4.69, 9.17) is 0 Å². The first-order chi connectivity index (χ1) is 10.8. The number of hydrogen-bond donors (Lipinski definition) is 0. The Balaban J connectivity index is 1.81. The number of hydrogen-bond acceptors (Lipinski definition) is 2. The topological polar surface area (TPSA) is 25.8 Å². The molecule has 0 saturated carbocycles. The van der Waals surface area contributed by atoms with Crippen molar-refractivity contribution in [3.8, 4) is 11.4 Å². The van der Waals surface area contributed by atoms with Crippen LogP contribution in [-0.4, -0.2) is 9.97 Å². The third kappa shape index (κ3) is 3.47. The van der Waals surface area contributed by atoms with Crippen molar-refractivity contribution in [2.45, 2.75) is 13.3 Å². The quantitative estimate of drug-likeness (QED) is 0.683. The molecule has 108 valence electrons. The minimum Gasteiger partial charge on any atom is -0.255 e. The van der Waals surface area contributed by atoms with E-state index in [0.717, 1.165) is 23.4 Å². The largest absolute Gasteiger partial charge is 0.255 e. The van der Waals surface area contributed by atoms with Crippen molar-refractivity contribution in [3.63, 3.8) is 0 Å². The van der Waals surface area contributed by atoms with Crippen LogP contribution < -0.4 is 0 Å². The Labute approximate surface area is 131 Å². The van der Waals surface area contributed by atoms with E-state index in [9.17, 15) is 0 Å². The van der Waals surface area contributed by atoms with Crippen LogP contribution in [0.25, 0.3) is 23.5 Å². The fourth-order valence-corrected chi connectivity index (χ4v) is 2.26. The third-order valence-electron chi connectivity index (χ3n) is 3.57. The molecule has 2 heteroatoms. The highest BCUT2D eigenvalue weighted by molar-refractivity contribution is 5.71. The Morgan fingerprint density at radius 1 is 0.773 bits per heavy atom. The molecule has 0 atom stereocenters. The maximum absolute atomic E-state index is 4.39. The molecular weight excluding hydrogens is 268 g/mol. The van der Waals surface area contributed by atoms with Crippen LogP contribution in [0.1, 0.15) is 23.6 Å². The van der Waals surface area contributed by atoms with Gasteiger partial charge in [0.05, 0.1) is 11.4 Å². The van der Waals surface area contributed by atoms with Crippen molar-refractivity contribution in [1.82, 2.24) is 9.97 Å². The minimum absolute atomic E-state index is 0.893. The summed E-state index contributed by atoms with van der Waals surface area (Å²) in [6, 6.07) is 18.6. The number of pyridine rings is 2. The lowest BCUT2D eigenvalue weighted by molar-refractivity contribution is 1.14. The molecule has 2 aromatic heterocycles. The molecule has 0 radical (unpaired) electrons. The number of benzene rings is 1. The first-order valence-electron chi connectivity index (χ1n) is 7.49. The maximum Gasteiger partial charge on any atom is 0.0892 e. The Kier molecular flexibility index (Phi) is 4.40. The molecule has 2 heterocycles. The van der Waals surface area contributed by atoms with E-state index in [-0.39, 0.29) is 0 Å². The standard InChI is InChI=1S/C20H18N2/c1-2-16-6-8-17(9-7-16)10-11-18-12-14-22-20(15-18)19-5-3-4-13-21-19/h3-15H,2H2,1H3/b11-10-. The van der Waals surface area contributed by atoms with E-state index in [1.54, 1.807) is 6.20 Å². The van der Waals surface area contributed by atoms with Crippen LogP contribution in [0, 0.1) is 0 Å². The van der Waals surface area contributed by atoms with Crippen molar-refractivity contribution in [1.29, 1.82) is 0 Å². The van der Waals surface area contributed by atoms with E-state index in [1.165, 1.54) is 11.1 Å². The molecule has 22 heavy (non-hydrogen) atoms. The van der Waals surface area contributed by atoms with Crippen molar-refractivity contribution in [2.75, 3.05) is 0 Å². The monoisotopic (exact) mass is 286 g/mol. The van der Waals surface area contributed by atoms with Gasteiger partial charge < -0.3 is 0 Å². The molecule has 2 nitrogen and oxygen atoms in total. The van der Waals surface area contributed by atoms with Gasteiger partial charge >= 0.3 is 0 Å². The molecule has 3 aromatic rings. The zero-order valence-electron chi connectivity index (χ0n) is 12.6. The molecule has 0 aliphatic heterocycles. The van der Waals surface area contributed by atoms with E-state index >= 15 is 0 Å². The number of aryl methyl sites for hydroxylation is 1. The van der Waals surface area contributed by atoms with Gasteiger partial charge in [0.2, 0.25) is 0 Å². The van der Waals surface area contributed by atoms with Crippen molar-refractivity contribution >= 4 is 12.2 Å². The lowest BCUT2D eigenvalue weighted by Gasteiger charge is -2.01. The fourth-order valence-electron chi connectivity index (χ4n) is 2.26. The van der Waals surface area contributed by atoms with Crippen LogP contribution >= 0.6 is 0 Å². The van der Waals surface area contributed by atoms with Gasteiger partial charge in [-0.15, -0.1) is 0 Å². The average Bonchev–Trinajstić information content (AvgIpc) is 2.61. The Hall–Kier alpha value is -2.74. The molecule has 0 N–H and O–H groups in total. The molecular formula is C20H18N2. The molecule has 0 amide bonds. The minimum atomic E-state index is 0.893. The van der Waals surface area contributed by atoms with Gasteiger partial charge in [0.1, 0.15) is 0 Å². The molecule has 0 unspecified atom stereocenters. The van der Waals surface area contributed by atoms with Crippen LogP contribution in [0.3, 0.4) is 0 Å². The van der Waals surface area contributed by atoms with Crippen molar-refractivity contribution in [3.05, 3.63) is 83.7 Å². The Bertz CT molecular complexity index is 759. The second-order valence-corrected chi connectivity index (χ2v) is 5.12. The lowest BCUT2D eigenvalue weighted by Crippen LogP contribution is -1.86. The predicted molar refractivity (Wildman–Crippen MR) is 92.2 cm³/mol. The van der Waals surface area contributed by atoms with E-state index < -0.39 is 0 Å². The lowest BCUT2D eigenvalue weighted by atomic mass is 10.1. The van der Waals surface area contributed by atoms with Gasteiger partial charge in [-0.25, -0.2) is 0 Å². The number of rotatable bonds is 4. The molecule has 0 spiro atoms. The SMILES string of the molecule is CCc1ccc(/C=C\c2ccnc(-c3ccccn3)c2)cc1. The molecule has 0 bridgehead atoms. The van der Waals surface area contributed by atoms with Gasteiger partial charge in [-0.3, -0.25) is 9.97 Å². The Morgan fingerprint density at radius 2 is 1.55 bits per heavy atom. The summed E-state index contributed by atoms with van der Waals surface area (Å²) >= 11 is 0. The van der Waals surface area contributed by atoms with Gasteiger partial charge in [-0.2, -0.15) is 0 Å². The average molecular weight is 286 g/mol. The molecule has 0 aliphatic carbocycles. The maximum atomic E-state index is 4.39. The van der Waals surface area contributed by atoms with Crippen LogP contribution in [0.4, 0.5) is 0 Å². The fraction of sp³-hybridized carbons (Fsp3) is 0.100. The summed E-state index contributed by atoms with van der Waals surface area (Å²) in [5.41, 5.74) is 5.47. The molecule has 3 rings (SSSR count). The van der Waals surface area contributed by atoms with Gasteiger partial charge in [0.15, 0.2) is 0 Å². The smallest absolute Gasteiger partial charge is 0.0892 e. The third-order valence-corrected chi connectivity index (χ3v) is 3.57. The predicted octanol–water partition coefficient (Wildman–Crippen LogP) is 4.88. The highest BCUT2D eigenvalue weighted by Gasteiger charge is 1.99. The van der Waals surface area contributed by atoms with Crippen LogP contribution in [-0.2, 0) is 6.42 Å². The second-order valence-electron chi connectivity index (χ2n) is 5.12. The summed E-state index contributed by atoms with van der Waals surface area (Å²) in [4.78, 5) is 8.73. The van der Waals surface area contributed by atoms with E-state index in [0.29, 0.717) is 0 Å². The van der Waals surface area contributed by atoms with Crippen LogP contribution in [0.5, 0.6) is 0 Å². The first-order valence-corrected chi connectivity index (χ1v) is 7.49. The van der Waals surface area contributed by atoms with Gasteiger partial charge in [0.25, 0.3) is 0 Å². The van der Waals surface area contributed by atoms with E-state index in [1.807, 2.05) is 30.5 Å². The van der Waals surface area contributed by atoms with Crippen LogP contribution in [0.2, 0.25) is 0 Å². The first kappa shape index (κ1) is 14.2. The highest BCUT2D eigenvalue weighted by atomic mass is 14.8. The highest BCUT2D eigenvalue weighted by Crippen LogP contribution is 2.16. The molecule has 1 aromatic carbocycles. The number of nitrogens with zero attached hydrogens (tertiary/aromatic N) is 2. The van der Waals surface area contributed by atoms with Crippen LogP contribution in [0.15, 0.2) is 67.0 Å². The molecule has 0 saturated heterocycles. The van der Waals surface area contributed by atoms with E-state index in [2.05, 4.69) is 59.4 Å². The molecule has 0 aliphatic rings. The van der Waals surface area contributed by atoms with Crippen molar-refractivity contribution < 1.29 is 0 Å². The zero-order valence-corrected chi connectivity index (χ0v) is 12.6. The number of aromatic nitrogens is 2. The summed E-state index contributed by atoms with van der Waals surface area (Å²) < 4.78 is 0. The van der Waals surface area contributed by atoms with Crippen molar-refractivity contribution in [2.24, 2.45) is 0 Å². The normalized spacial score (nSPS) is 11.0. The summed E-state index contributed by atoms with van der Waals surface area (Å²) in [6.45, 7) is 2.17. The summed E-state index contributed by atoms with van der Waals surface area (Å²) in [5, 5.41) is 0. The zero-order chi connectivity index (χ0) is 15.2. The van der Waals surface area contributed by atoms with Gasteiger partial charge in [-0.05, 0) is 47.4 Å². The van der Waals surface area contributed by atoms with Gasteiger partial charge in [-0.1, -0.05) is 49.4 Å². The summed E-state index contributed by atoms with van der Waals surface area (Å²) in [5.74, 6) is 0. The second kappa shape index (κ2) is 6.81.